The van der Waals surface area contributed by atoms with Crippen molar-refractivity contribution in [2.75, 3.05) is 38.1 Å². The van der Waals surface area contributed by atoms with Gasteiger partial charge in [-0.3, -0.25) is 4.98 Å². The van der Waals surface area contributed by atoms with Gasteiger partial charge in [0.25, 0.3) is 0 Å². The van der Waals surface area contributed by atoms with Crippen LogP contribution in [0.1, 0.15) is 5.69 Å². The molecule has 1 saturated heterocycles. The van der Waals surface area contributed by atoms with E-state index in [4.69, 9.17) is 4.98 Å². The number of aromatic nitrogens is 1. The highest BCUT2D eigenvalue weighted by atomic mass is 15.2. The van der Waals surface area contributed by atoms with Crippen molar-refractivity contribution in [2.45, 2.75) is 6.92 Å². The molecule has 0 unspecified atom stereocenters. The predicted molar refractivity (Wildman–Crippen MR) is 76.2 cm³/mol. The van der Waals surface area contributed by atoms with Gasteiger partial charge in [0, 0.05) is 37.3 Å². The second-order valence-electron chi connectivity index (χ2n) is 5.09. The van der Waals surface area contributed by atoms with Crippen molar-refractivity contribution >= 4 is 16.6 Å². The lowest BCUT2D eigenvalue weighted by Crippen LogP contribution is -2.44. The number of fused-ring (bicyclic) bond motifs is 1. The maximum Gasteiger partial charge on any atom is 0.0938 e. The van der Waals surface area contributed by atoms with E-state index in [-0.39, 0.29) is 0 Å². The third-order valence-electron chi connectivity index (χ3n) is 3.68. The van der Waals surface area contributed by atoms with E-state index in [9.17, 15) is 0 Å². The first kappa shape index (κ1) is 11.5. The van der Waals surface area contributed by atoms with Crippen molar-refractivity contribution in [3.05, 3.63) is 36.0 Å². The maximum absolute atomic E-state index is 4.71. The van der Waals surface area contributed by atoms with Crippen LogP contribution in [0.15, 0.2) is 30.3 Å². The Morgan fingerprint density at radius 1 is 1.00 bits per heavy atom. The van der Waals surface area contributed by atoms with Gasteiger partial charge in [-0.1, -0.05) is 18.2 Å². The molecule has 1 aliphatic rings. The summed E-state index contributed by atoms with van der Waals surface area (Å²) in [5, 5.41) is 1.23. The van der Waals surface area contributed by atoms with Crippen molar-refractivity contribution in [1.29, 1.82) is 0 Å². The quantitative estimate of drug-likeness (QED) is 0.763. The van der Waals surface area contributed by atoms with Gasteiger partial charge in [-0.05, 0) is 26.1 Å². The van der Waals surface area contributed by atoms with Gasteiger partial charge in [0.05, 0.1) is 11.2 Å². The summed E-state index contributed by atoms with van der Waals surface area (Å²) in [7, 11) is 2.18. The van der Waals surface area contributed by atoms with Gasteiger partial charge in [0.15, 0.2) is 0 Å². The molecule has 94 valence electrons. The molecule has 3 nitrogen and oxygen atoms in total. The van der Waals surface area contributed by atoms with Gasteiger partial charge in [0.1, 0.15) is 0 Å². The van der Waals surface area contributed by atoms with E-state index in [0.717, 1.165) is 37.4 Å². The minimum Gasteiger partial charge on any atom is -0.367 e. The summed E-state index contributed by atoms with van der Waals surface area (Å²) in [6.07, 6.45) is 0. The van der Waals surface area contributed by atoms with E-state index >= 15 is 0 Å². The molecule has 0 bridgehead atoms. The molecular weight excluding hydrogens is 222 g/mol. The zero-order valence-corrected chi connectivity index (χ0v) is 11.1. The van der Waals surface area contributed by atoms with Gasteiger partial charge >= 0.3 is 0 Å². The van der Waals surface area contributed by atoms with Gasteiger partial charge in [-0.25, -0.2) is 0 Å². The number of rotatable bonds is 1. The van der Waals surface area contributed by atoms with Crippen molar-refractivity contribution in [3.8, 4) is 0 Å². The Morgan fingerprint density at radius 2 is 1.78 bits per heavy atom. The fourth-order valence-corrected chi connectivity index (χ4v) is 2.53. The van der Waals surface area contributed by atoms with Crippen LogP contribution in [0.5, 0.6) is 0 Å². The highest BCUT2D eigenvalue weighted by Crippen LogP contribution is 2.26. The molecule has 0 N–H and O–H groups in total. The number of benzene rings is 1. The fraction of sp³-hybridized carbons (Fsp3) is 0.400. The van der Waals surface area contributed by atoms with E-state index in [0.29, 0.717) is 0 Å². The Bertz CT molecular complexity index is 557. The Morgan fingerprint density at radius 3 is 2.56 bits per heavy atom. The monoisotopic (exact) mass is 241 g/mol. The number of hydrogen-bond donors (Lipinski definition) is 0. The van der Waals surface area contributed by atoms with Gasteiger partial charge < -0.3 is 9.80 Å². The highest BCUT2D eigenvalue weighted by molar-refractivity contribution is 5.91. The molecule has 3 rings (SSSR count). The van der Waals surface area contributed by atoms with Crippen molar-refractivity contribution in [3.63, 3.8) is 0 Å². The van der Waals surface area contributed by atoms with Crippen LogP contribution < -0.4 is 4.90 Å². The molecule has 1 aromatic heterocycles. The summed E-state index contributed by atoms with van der Waals surface area (Å²) in [4.78, 5) is 9.54. The molecule has 1 aliphatic heterocycles. The highest BCUT2D eigenvalue weighted by Gasteiger charge is 2.16. The van der Waals surface area contributed by atoms with E-state index in [1.54, 1.807) is 0 Å². The normalized spacial score (nSPS) is 17.3. The second-order valence-corrected chi connectivity index (χ2v) is 5.09. The number of nitrogens with zero attached hydrogens (tertiary/aromatic N) is 3. The molecule has 0 saturated carbocycles. The molecular formula is C15H19N3. The number of aryl methyl sites for hydroxylation is 1. The van der Waals surface area contributed by atoms with Crippen LogP contribution in [0.2, 0.25) is 0 Å². The van der Waals surface area contributed by atoms with Crippen molar-refractivity contribution < 1.29 is 0 Å². The Labute approximate surface area is 108 Å². The first-order valence-electron chi connectivity index (χ1n) is 6.54. The molecule has 2 aromatic rings. The minimum atomic E-state index is 1.09. The van der Waals surface area contributed by atoms with E-state index < -0.39 is 0 Å². The topological polar surface area (TPSA) is 19.4 Å². The molecule has 0 radical (unpaired) electrons. The van der Waals surface area contributed by atoms with Crippen LogP contribution in [0, 0.1) is 6.92 Å². The van der Waals surface area contributed by atoms with Gasteiger partial charge in [-0.15, -0.1) is 0 Å². The lowest BCUT2D eigenvalue weighted by Gasteiger charge is -2.34. The fourth-order valence-electron chi connectivity index (χ4n) is 2.53. The Hall–Kier alpha value is -1.61. The number of para-hydroxylation sites is 1. The zero-order chi connectivity index (χ0) is 12.5. The van der Waals surface area contributed by atoms with Crippen LogP contribution in [0.4, 0.5) is 5.69 Å². The summed E-state index contributed by atoms with van der Waals surface area (Å²) < 4.78 is 0. The average molecular weight is 241 g/mol. The van der Waals surface area contributed by atoms with Crippen LogP contribution in [0.3, 0.4) is 0 Å². The molecule has 2 heterocycles. The molecule has 0 amide bonds. The predicted octanol–water partition coefficient (Wildman–Crippen LogP) is 2.30. The van der Waals surface area contributed by atoms with Crippen LogP contribution in [0.25, 0.3) is 10.9 Å². The third-order valence-corrected chi connectivity index (χ3v) is 3.68. The largest absolute Gasteiger partial charge is 0.367 e. The first-order valence-corrected chi connectivity index (χ1v) is 6.54. The van der Waals surface area contributed by atoms with Crippen LogP contribution >= 0.6 is 0 Å². The third kappa shape index (κ3) is 2.06. The lowest BCUT2D eigenvalue weighted by atomic mass is 10.1. The number of hydrogen-bond acceptors (Lipinski definition) is 3. The first-order chi connectivity index (χ1) is 8.74. The van der Waals surface area contributed by atoms with Crippen LogP contribution in [-0.2, 0) is 0 Å². The number of pyridine rings is 1. The number of anilines is 1. The molecule has 3 heteroatoms. The van der Waals surface area contributed by atoms with E-state index in [2.05, 4.69) is 54.1 Å². The summed E-state index contributed by atoms with van der Waals surface area (Å²) in [6.45, 7) is 6.49. The van der Waals surface area contributed by atoms with Crippen LogP contribution in [-0.4, -0.2) is 43.1 Å². The number of piperazine rings is 1. The molecule has 1 fully saturated rings. The molecule has 1 aromatic carbocycles. The molecule has 0 spiro atoms. The zero-order valence-electron chi connectivity index (χ0n) is 11.1. The summed E-state index contributed by atoms with van der Waals surface area (Å²) in [5.74, 6) is 0. The second kappa shape index (κ2) is 4.58. The van der Waals surface area contributed by atoms with Gasteiger partial charge in [-0.2, -0.15) is 0 Å². The minimum absolute atomic E-state index is 1.09. The maximum atomic E-state index is 4.71. The summed E-state index contributed by atoms with van der Waals surface area (Å²) in [5.41, 5.74) is 3.51. The summed E-state index contributed by atoms with van der Waals surface area (Å²) in [6, 6.07) is 10.7. The number of likely N-dealkylation sites (N-methyl/N-ethyl adjacent to an activating group) is 1. The van der Waals surface area contributed by atoms with E-state index in [1.165, 1.54) is 11.1 Å². The molecule has 18 heavy (non-hydrogen) atoms. The summed E-state index contributed by atoms with van der Waals surface area (Å²) >= 11 is 0. The molecule has 0 atom stereocenters. The lowest BCUT2D eigenvalue weighted by molar-refractivity contribution is 0.313. The van der Waals surface area contributed by atoms with Crippen molar-refractivity contribution in [2.24, 2.45) is 0 Å². The SMILES string of the molecule is Cc1ccc2cccc(N3CCN(C)CC3)c2n1. The molecule has 0 aliphatic carbocycles. The van der Waals surface area contributed by atoms with Crippen molar-refractivity contribution in [1.82, 2.24) is 9.88 Å². The van der Waals surface area contributed by atoms with E-state index in [1.807, 2.05) is 0 Å². The van der Waals surface area contributed by atoms with Gasteiger partial charge in [0.2, 0.25) is 0 Å². The Kier molecular flexibility index (Phi) is 2.92. The standard InChI is InChI=1S/C15H19N3/c1-12-6-7-13-4-3-5-14(15(13)16-12)18-10-8-17(2)9-11-18/h3-7H,8-11H2,1-2H3. The smallest absolute Gasteiger partial charge is 0.0938 e. The average Bonchev–Trinajstić information content (AvgIpc) is 2.39. The Balaban J connectivity index is 2.03.